The highest BCUT2D eigenvalue weighted by molar-refractivity contribution is 5.91. The molecule has 216 valence electrons. The first-order chi connectivity index (χ1) is 18.2. The third kappa shape index (κ3) is 7.09. The van der Waals surface area contributed by atoms with Crippen molar-refractivity contribution in [1.29, 1.82) is 0 Å². The van der Waals surface area contributed by atoms with Crippen LogP contribution in [0.4, 0.5) is 21.8 Å². The molecule has 11 nitrogen and oxygen atoms in total. The predicted octanol–water partition coefficient (Wildman–Crippen LogP) is 3.96. The van der Waals surface area contributed by atoms with Crippen molar-refractivity contribution in [2.24, 2.45) is 22.7 Å². The number of fused-ring (bicyclic) bond motifs is 1. The Morgan fingerprint density at radius 1 is 1.10 bits per heavy atom. The molecule has 5 atom stereocenters. The largest absolute Gasteiger partial charge is 0.463 e. The molecule has 1 unspecified atom stereocenters. The van der Waals surface area contributed by atoms with Gasteiger partial charge in [-0.05, 0) is 18.8 Å². The number of hydrogen-bond donors (Lipinski definition) is 2. The van der Waals surface area contributed by atoms with Crippen LogP contribution >= 0.6 is 0 Å². The number of esters is 2. The molecule has 2 aliphatic rings. The van der Waals surface area contributed by atoms with Crippen LogP contribution in [-0.2, 0) is 28.6 Å². The Bertz CT molecular complexity index is 1110. The molecular weight excluding hydrogens is 509 g/mol. The molecule has 0 spiro atoms. The number of carbonyl (C=O) groups is 3. The van der Waals surface area contributed by atoms with E-state index in [0.717, 1.165) is 0 Å². The number of aromatic nitrogens is 2. The Morgan fingerprint density at radius 2 is 1.77 bits per heavy atom. The highest BCUT2D eigenvalue weighted by atomic mass is 19.1. The van der Waals surface area contributed by atoms with Gasteiger partial charge in [-0.25, -0.2) is 9.37 Å². The molecule has 1 fully saturated rings. The molecule has 2 N–H and O–H groups in total. The van der Waals surface area contributed by atoms with E-state index in [1.54, 1.807) is 20.9 Å². The quantitative estimate of drug-likeness (QED) is 0.392. The highest BCUT2D eigenvalue weighted by Gasteiger charge is 2.60. The summed E-state index contributed by atoms with van der Waals surface area (Å²) in [4.78, 5) is 50.4. The average molecular weight is 550 g/mol. The van der Waals surface area contributed by atoms with Gasteiger partial charge in [0.2, 0.25) is 11.9 Å². The van der Waals surface area contributed by atoms with Crippen LogP contribution in [0.5, 0.6) is 0 Å². The minimum absolute atomic E-state index is 0.00791. The standard InChI is InChI=1S/C27H40FN5O6/c1-13(2)9-18(34)31-26-32-20-16(11-30-21(20)24(29-8)33-26)22-27(7,28)23(39-19(35)10-14(3)4)17(38-22)12-37-25(36)15(5)6/h11,13-17,22-23H,9-10,12H2,1-8H3,(H2,29,31,32,33,34)/t16?,17-,22+,23-,27+/m1/s1. The molecule has 12 heteroatoms. The molecule has 1 aromatic rings. The number of carbonyl (C=O) groups excluding carboxylic acids is 3. The van der Waals surface area contributed by atoms with Gasteiger partial charge in [-0.15, -0.1) is 0 Å². The molecule has 39 heavy (non-hydrogen) atoms. The van der Waals surface area contributed by atoms with E-state index in [9.17, 15) is 14.4 Å². The van der Waals surface area contributed by atoms with Crippen molar-refractivity contribution in [1.82, 2.24) is 9.97 Å². The van der Waals surface area contributed by atoms with Crippen molar-refractivity contribution in [2.45, 2.75) is 91.2 Å². The molecular formula is C27H40FN5O6. The molecule has 0 aliphatic carbocycles. The molecule has 0 radical (unpaired) electrons. The monoisotopic (exact) mass is 549 g/mol. The van der Waals surface area contributed by atoms with Crippen molar-refractivity contribution in [2.75, 3.05) is 24.3 Å². The summed E-state index contributed by atoms with van der Waals surface area (Å²) in [6.45, 7) is 11.9. The lowest BCUT2D eigenvalue weighted by atomic mass is 9.86. The van der Waals surface area contributed by atoms with Crippen LogP contribution in [0.25, 0.3) is 0 Å². The second-order valence-electron chi connectivity index (χ2n) is 11.4. The van der Waals surface area contributed by atoms with Crippen molar-refractivity contribution >= 4 is 41.5 Å². The molecule has 1 saturated heterocycles. The van der Waals surface area contributed by atoms with Crippen LogP contribution in [0.2, 0.25) is 0 Å². The molecule has 0 bridgehead atoms. The van der Waals surface area contributed by atoms with Gasteiger partial charge in [0.25, 0.3) is 0 Å². The van der Waals surface area contributed by atoms with Gasteiger partial charge in [0, 0.05) is 26.1 Å². The van der Waals surface area contributed by atoms with E-state index in [2.05, 4.69) is 25.6 Å². The van der Waals surface area contributed by atoms with Crippen LogP contribution in [-0.4, -0.2) is 71.7 Å². The summed E-state index contributed by atoms with van der Waals surface area (Å²) in [6.07, 6.45) is -1.66. The van der Waals surface area contributed by atoms with Crippen LogP contribution in [0.3, 0.4) is 0 Å². The van der Waals surface area contributed by atoms with Gasteiger partial charge in [-0.1, -0.05) is 41.5 Å². The number of hydrogen-bond acceptors (Lipinski definition) is 10. The topological polar surface area (TPSA) is 141 Å². The minimum atomic E-state index is -2.19. The van der Waals surface area contributed by atoms with Gasteiger partial charge in [0.1, 0.15) is 24.5 Å². The zero-order valence-corrected chi connectivity index (χ0v) is 23.9. The number of anilines is 2. The summed E-state index contributed by atoms with van der Waals surface area (Å²) in [6, 6.07) is 0. The van der Waals surface area contributed by atoms with Gasteiger partial charge >= 0.3 is 11.9 Å². The van der Waals surface area contributed by atoms with Gasteiger partial charge in [0.15, 0.2) is 17.6 Å². The zero-order valence-electron chi connectivity index (χ0n) is 23.9. The lowest BCUT2D eigenvalue weighted by molar-refractivity contribution is -0.163. The van der Waals surface area contributed by atoms with Crippen molar-refractivity contribution < 1.29 is 33.0 Å². The van der Waals surface area contributed by atoms with E-state index in [0.29, 0.717) is 17.2 Å². The number of nitrogens with zero attached hydrogens (tertiary/aromatic N) is 3. The Morgan fingerprint density at radius 3 is 2.36 bits per heavy atom. The van der Waals surface area contributed by atoms with Gasteiger partial charge in [0.05, 0.1) is 17.5 Å². The fraction of sp³-hybridized carbons (Fsp3) is 0.704. The van der Waals surface area contributed by atoms with Gasteiger partial charge < -0.3 is 19.5 Å². The Hall–Kier alpha value is -3.15. The van der Waals surface area contributed by atoms with Crippen molar-refractivity contribution in [3.8, 4) is 0 Å². The zero-order chi connectivity index (χ0) is 29.1. The average Bonchev–Trinajstić information content (AvgIpc) is 3.34. The molecule has 0 saturated carbocycles. The Balaban J connectivity index is 1.93. The number of alkyl halides is 1. The van der Waals surface area contributed by atoms with E-state index >= 15 is 4.39 Å². The van der Waals surface area contributed by atoms with E-state index in [4.69, 9.17) is 14.2 Å². The maximum Gasteiger partial charge on any atom is 0.308 e. The summed E-state index contributed by atoms with van der Waals surface area (Å²) in [5.41, 5.74) is -1.44. The molecule has 1 aromatic heterocycles. The molecule has 2 aliphatic heterocycles. The lowest BCUT2D eigenvalue weighted by Gasteiger charge is -2.29. The van der Waals surface area contributed by atoms with E-state index < -0.39 is 47.8 Å². The Kier molecular flexibility index (Phi) is 9.63. The van der Waals surface area contributed by atoms with Crippen molar-refractivity contribution in [3.63, 3.8) is 0 Å². The van der Waals surface area contributed by atoms with Crippen LogP contribution < -0.4 is 10.6 Å². The molecule has 3 heterocycles. The number of aliphatic imine (C=N–C) groups is 1. The second kappa shape index (κ2) is 12.4. The van der Waals surface area contributed by atoms with E-state index in [1.807, 2.05) is 27.7 Å². The summed E-state index contributed by atoms with van der Waals surface area (Å²) in [5, 5.41) is 5.64. The third-order valence-corrected chi connectivity index (χ3v) is 6.47. The van der Waals surface area contributed by atoms with Crippen LogP contribution in [0, 0.1) is 17.8 Å². The van der Waals surface area contributed by atoms with Gasteiger partial charge in [-0.3, -0.25) is 24.7 Å². The minimum Gasteiger partial charge on any atom is -0.463 e. The molecule has 1 amide bonds. The van der Waals surface area contributed by atoms with Gasteiger partial charge in [-0.2, -0.15) is 4.98 Å². The summed E-state index contributed by atoms with van der Waals surface area (Å²) >= 11 is 0. The smallest absolute Gasteiger partial charge is 0.308 e. The first-order valence-electron chi connectivity index (χ1n) is 13.4. The summed E-state index contributed by atoms with van der Waals surface area (Å²) in [7, 11) is 1.65. The number of amides is 1. The Labute approximate surface area is 228 Å². The van der Waals surface area contributed by atoms with Crippen LogP contribution in [0.15, 0.2) is 4.99 Å². The molecule has 3 rings (SSSR count). The maximum absolute atomic E-state index is 16.6. The number of nitrogens with one attached hydrogen (secondary N) is 2. The molecule has 0 aromatic carbocycles. The number of ether oxygens (including phenoxy) is 3. The van der Waals surface area contributed by atoms with Crippen molar-refractivity contribution in [3.05, 3.63) is 5.69 Å². The highest BCUT2D eigenvalue weighted by Crippen LogP contribution is 2.47. The number of halogens is 1. The maximum atomic E-state index is 16.6. The first kappa shape index (κ1) is 30.4. The third-order valence-electron chi connectivity index (χ3n) is 6.47. The summed E-state index contributed by atoms with van der Waals surface area (Å²) < 4.78 is 33.7. The predicted molar refractivity (Wildman–Crippen MR) is 144 cm³/mol. The van der Waals surface area contributed by atoms with E-state index in [-0.39, 0.29) is 43.1 Å². The number of rotatable bonds is 11. The van der Waals surface area contributed by atoms with Crippen LogP contribution in [0.1, 0.15) is 72.9 Å². The lowest BCUT2D eigenvalue weighted by Crippen LogP contribution is -2.47. The normalized spacial score (nSPS) is 25.7. The summed E-state index contributed by atoms with van der Waals surface area (Å²) in [5.74, 6) is -1.92. The second-order valence-corrected chi connectivity index (χ2v) is 11.4. The fourth-order valence-electron chi connectivity index (χ4n) is 4.58. The van der Waals surface area contributed by atoms with E-state index in [1.165, 1.54) is 13.1 Å². The fourth-order valence-corrected chi connectivity index (χ4v) is 4.58. The first-order valence-corrected chi connectivity index (χ1v) is 13.4. The SMILES string of the molecule is CNc1nc(NC(=O)CC(C)C)nc2c1N=CC2[C@@H]1O[C@H](COC(=O)C(C)C)[C@@H](OC(=O)CC(C)C)[C@@]1(C)F.